The van der Waals surface area contributed by atoms with Crippen molar-refractivity contribution in [1.82, 2.24) is 15.3 Å². The van der Waals surface area contributed by atoms with Crippen LogP contribution in [-0.2, 0) is 6.18 Å². The number of halogens is 6. The lowest BCUT2D eigenvalue weighted by molar-refractivity contribution is -0.137. The number of pyridine rings is 2. The monoisotopic (exact) mass is 534 g/mol. The van der Waals surface area contributed by atoms with Crippen LogP contribution in [0.2, 0.25) is 5.02 Å². The van der Waals surface area contributed by atoms with Gasteiger partial charge < -0.3 is 10.6 Å². The molecule has 0 radical (unpaired) electrons. The van der Waals surface area contributed by atoms with Crippen molar-refractivity contribution in [2.24, 2.45) is 0 Å². The summed E-state index contributed by atoms with van der Waals surface area (Å²) >= 11 is 5.79. The highest BCUT2D eigenvalue weighted by molar-refractivity contribution is 6.30. The number of urea groups is 1. The van der Waals surface area contributed by atoms with Crippen LogP contribution in [0.4, 0.5) is 32.4 Å². The summed E-state index contributed by atoms with van der Waals surface area (Å²) in [5.74, 6) is -1.73. The van der Waals surface area contributed by atoms with Gasteiger partial charge in [-0.2, -0.15) is 13.2 Å². The molecule has 2 heterocycles. The maximum absolute atomic E-state index is 13.9. The number of rotatable bonds is 4. The molecule has 0 spiro atoms. The van der Waals surface area contributed by atoms with E-state index in [2.05, 4.69) is 20.6 Å². The van der Waals surface area contributed by atoms with E-state index in [0.29, 0.717) is 12.1 Å². The fraction of sp³-hybridized carbons (Fsp3) is 0.115. The molecule has 0 saturated carbocycles. The van der Waals surface area contributed by atoms with Gasteiger partial charge in [0, 0.05) is 23.8 Å². The summed E-state index contributed by atoms with van der Waals surface area (Å²) in [6.45, 7) is 1.97. The Morgan fingerprint density at radius 1 is 0.919 bits per heavy atom. The number of amides is 2. The zero-order chi connectivity index (χ0) is 27.0. The molecule has 2 aromatic carbocycles. The van der Waals surface area contributed by atoms with Gasteiger partial charge in [-0.25, -0.2) is 13.6 Å². The maximum atomic E-state index is 13.9. The lowest BCUT2D eigenvalue weighted by Gasteiger charge is -2.21. The van der Waals surface area contributed by atoms with Crippen LogP contribution < -0.4 is 10.6 Å². The molecule has 0 bridgehead atoms. The fourth-order valence-electron chi connectivity index (χ4n) is 3.14. The average Bonchev–Trinajstić information content (AvgIpc) is 2.83. The second-order valence-corrected chi connectivity index (χ2v) is 8.12. The molecule has 0 aliphatic rings. The van der Waals surface area contributed by atoms with E-state index in [-0.39, 0.29) is 22.0 Å². The zero-order valence-electron chi connectivity index (χ0n) is 19.2. The van der Waals surface area contributed by atoms with Crippen molar-refractivity contribution in [3.8, 4) is 0 Å². The molecule has 11 heteroatoms. The van der Waals surface area contributed by atoms with Crippen molar-refractivity contribution < 1.29 is 26.7 Å². The number of benzene rings is 2. The molecule has 0 unspecified atom stereocenters. The Hall–Kier alpha value is -4.05. The number of nitrogens with zero attached hydrogens (tertiary/aromatic N) is 2. The fourth-order valence-corrected chi connectivity index (χ4v) is 3.25. The van der Waals surface area contributed by atoms with Gasteiger partial charge in [-0.3, -0.25) is 9.97 Å². The topological polar surface area (TPSA) is 66.9 Å². The summed E-state index contributed by atoms with van der Waals surface area (Å²) in [7, 11) is 0. The Morgan fingerprint density at radius 3 is 2.27 bits per heavy atom. The van der Waals surface area contributed by atoms with E-state index in [4.69, 9.17) is 11.6 Å². The van der Waals surface area contributed by atoms with Crippen molar-refractivity contribution in [1.29, 1.82) is 0 Å². The number of carbonyl (C=O) groups is 1. The van der Waals surface area contributed by atoms with E-state index < -0.39 is 35.4 Å². The third kappa shape index (κ3) is 8.53. The molecular weight excluding hydrogens is 515 g/mol. The molecule has 4 aromatic rings. The number of carbonyl (C=O) groups excluding carboxylic acids is 1. The van der Waals surface area contributed by atoms with Gasteiger partial charge in [0.1, 0.15) is 11.6 Å². The number of hydrogen-bond acceptors (Lipinski definition) is 3. The largest absolute Gasteiger partial charge is 0.416 e. The van der Waals surface area contributed by atoms with Crippen LogP contribution in [0.1, 0.15) is 28.6 Å². The molecule has 0 saturated heterocycles. The molecule has 192 valence electrons. The molecule has 2 amide bonds. The van der Waals surface area contributed by atoms with Crippen LogP contribution in [0.15, 0.2) is 85.2 Å². The molecule has 0 aliphatic heterocycles. The van der Waals surface area contributed by atoms with Crippen LogP contribution >= 0.6 is 11.6 Å². The molecule has 2 N–H and O–H groups in total. The van der Waals surface area contributed by atoms with Gasteiger partial charge in [-0.15, -0.1) is 0 Å². The summed E-state index contributed by atoms with van der Waals surface area (Å²) in [5, 5.41) is 5.06. The van der Waals surface area contributed by atoms with Gasteiger partial charge in [-0.05, 0) is 73.2 Å². The highest BCUT2D eigenvalue weighted by atomic mass is 35.5. The van der Waals surface area contributed by atoms with Crippen LogP contribution in [0.25, 0.3) is 0 Å². The second kappa shape index (κ2) is 12.3. The maximum Gasteiger partial charge on any atom is 0.416 e. The van der Waals surface area contributed by atoms with Crippen molar-refractivity contribution in [2.75, 3.05) is 5.32 Å². The summed E-state index contributed by atoms with van der Waals surface area (Å²) in [6.07, 6.45) is -1.77. The molecule has 5 nitrogen and oxygen atoms in total. The quantitative estimate of drug-likeness (QED) is 0.269. The molecule has 4 rings (SSSR count). The van der Waals surface area contributed by atoms with E-state index in [9.17, 15) is 26.7 Å². The Balaban J connectivity index is 0.000000468. The van der Waals surface area contributed by atoms with Crippen molar-refractivity contribution >= 4 is 23.3 Å². The van der Waals surface area contributed by atoms with Crippen molar-refractivity contribution in [3.63, 3.8) is 0 Å². The van der Waals surface area contributed by atoms with Gasteiger partial charge in [-0.1, -0.05) is 23.7 Å². The van der Waals surface area contributed by atoms with E-state index in [0.717, 1.165) is 17.8 Å². The van der Waals surface area contributed by atoms with Crippen molar-refractivity contribution in [3.05, 3.63) is 124 Å². The van der Waals surface area contributed by atoms with Crippen LogP contribution in [0.5, 0.6) is 0 Å². The predicted molar refractivity (Wildman–Crippen MR) is 130 cm³/mol. The first-order chi connectivity index (χ1) is 17.5. The molecular formula is C26H20ClF5N4O. The highest BCUT2D eigenvalue weighted by Gasteiger charge is 2.32. The van der Waals surface area contributed by atoms with E-state index in [1.807, 2.05) is 25.1 Å². The normalized spacial score (nSPS) is 11.6. The first-order valence-electron chi connectivity index (χ1n) is 10.7. The van der Waals surface area contributed by atoms with Gasteiger partial charge in [0.15, 0.2) is 0 Å². The molecule has 1 atom stereocenters. The zero-order valence-corrected chi connectivity index (χ0v) is 20.0. The van der Waals surface area contributed by atoms with Crippen LogP contribution in [0, 0.1) is 18.6 Å². The Morgan fingerprint density at radius 2 is 1.70 bits per heavy atom. The van der Waals surface area contributed by atoms with Crippen molar-refractivity contribution in [2.45, 2.75) is 19.1 Å². The van der Waals surface area contributed by atoms with Crippen LogP contribution in [0.3, 0.4) is 0 Å². The lowest BCUT2D eigenvalue weighted by atomic mass is 10.00. The summed E-state index contributed by atoms with van der Waals surface area (Å²) in [5.41, 5.74) is -0.101. The molecule has 2 aromatic heterocycles. The Kier molecular flexibility index (Phi) is 9.13. The van der Waals surface area contributed by atoms with Gasteiger partial charge in [0.05, 0.1) is 22.3 Å². The number of aryl methyl sites for hydroxylation is 1. The third-order valence-corrected chi connectivity index (χ3v) is 5.02. The molecule has 37 heavy (non-hydrogen) atoms. The highest BCUT2D eigenvalue weighted by Crippen LogP contribution is 2.33. The summed E-state index contributed by atoms with van der Waals surface area (Å²) < 4.78 is 66.6. The Labute approximate surface area is 214 Å². The summed E-state index contributed by atoms with van der Waals surface area (Å²) in [4.78, 5) is 20.4. The summed E-state index contributed by atoms with van der Waals surface area (Å²) in [6, 6.07) is 13.5. The van der Waals surface area contributed by atoms with Gasteiger partial charge >= 0.3 is 12.2 Å². The second-order valence-electron chi connectivity index (χ2n) is 7.69. The van der Waals surface area contributed by atoms with Gasteiger partial charge in [0.2, 0.25) is 0 Å². The van der Waals surface area contributed by atoms with E-state index >= 15 is 0 Å². The minimum absolute atomic E-state index is 0.116. The number of alkyl halides is 3. The van der Waals surface area contributed by atoms with Gasteiger partial charge in [0.25, 0.3) is 0 Å². The number of anilines is 1. The average molecular weight is 535 g/mol. The van der Waals surface area contributed by atoms with E-state index in [1.165, 1.54) is 36.5 Å². The SMILES string of the molecule is Cc1ccccn1.O=C(Nc1cccc(F)c1)N[C@@H](c1cc(F)cc(C(F)(F)F)c1)c1ccc(Cl)cn1. The minimum Gasteiger partial charge on any atom is -0.325 e. The first-order valence-corrected chi connectivity index (χ1v) is 11.1. The van der Waals surface area contributed by atoms with E-state index in [1.54, 1.807) is 6.20 Å². The lowest BCUT2D eigenvalue weighted by Crippen LogP contribution is -2.34. The molecule has 0 aliphatic carbocycles. The van der Waals surface area contributed by atoms with Crippen LogP contribution in [-0.4, -0.2) is 16.0 Å². The number of aromatic nitrogens is 2. The Bertz CT molecular complexity index is 1340. The molecule has 0 fully saturated rings. The number of nitrogens with one attached hydrogen (secondary N) is 2. The standard InChI is InChI=1S/C20H13ClF5N3O.C6H7N/c21-13-4-5-17(27-10-13)18(11-6-12(20(24,25)26)8-15(23)7-11)29-19(30)28-16-3-1-2-14(22)9-16;1-6-4-2-3-5-7-6/h1-10,18H,(H2,28,29,30);2-5H,1H3/t18-;/m0./s1. The minimum atomic E-state index is -4.79. The first kappa shape index (κ1) is 27.5. The number of hydrogen-bond donors (Lipinski definition) is 2. The predicted octanol–water partition coefficient (Wildman–Crippen LogP) is 7.33. The smallest absolute Gasteiger partial charge is 0.325 e. The third-order valence-electron chi connectivity index (χ3n) is 4.80.